The lowest BCUT2D eigenvalue weighted by atomic mass is 10.2. The summed E-state index contributed by atoms with van der Waals surface area (Å²) in [6, 6.07) is 3.39. The minimum absolute atomic E-state index is 0.259. The first-order valence-corrected chi connectivity index (χ1v) is 7.15. The number of carbonyl (C=O) groups excluding carboxylic acids is 1. The predicted octanol–water partition coefficient (Wildman–Crippen LogP) is 3.75. The maximum Gasteiger partial charge on any atom is 0.150 e. The summed E-state index contributed by atoms with van der Waals surface area (Å²) in [5.41, 5.74) is 0.524. The number of alkyl halides is 1. The predicted molar refractivity (Wildman–Crippen MR) is 75.5 cm³/mol. The molecule has 0 aliphatic rings. The summed E-state index contributed by atoms with van der Waals surface area (Å²) in [5.74, 6) is 2.14. The van der Waals surface area contributed by atoms with E-state index in [1.807, 2.05) is 0 Å². The lowest BCUT2D eigenvalue weighted by Crippen LogP contribution is -1.95. The second-order valence-corrected chi connectivity index (χ2v) is 5.08. The van der Waals surface area contributed by atoms with Gasteiger partial charge in [0.25, 0.3) is 0 Å². The van der Waals surface area contributed by atoms with E-state index in [1.54, 1.807) is 38.1 Å². The molecule has 0 amide bonds. The van der Waals surface area contributed by atoms with Crippen molar-refractivity contribution in [3.8, 4) is 11.5 Å². The molecule has 1 rings (SSSR count). The molecule has 0 atom stereocenters. The Morgan fingerprint density at radius 2 is 1.79 bits per heavy atom. The molecule has 0 saturated heterocycles. The molecule has 1 aromatic rings. The fourth-order valence-electron chi connectivity index (χ4n) is 1.66. The van der Waals surface area contributed by atoms with E-state index in [-0.39, 0.29) is 6.67 Å². The third-order valence-corrected chi connectivity index (χ3v) is 3.83. The van der Waals surface area contributed by atoms with Gasteiger partial charge in [-0.3, -0.25) is 9.18 Å². The second-order valence-electron chi connectivity index (χ2n) is 3.97. The third kappa shape index (κ3) is 4.74. The van der Waals surface area contributed by atoms with Crippen LogP contribution in [0.25, 0.3) is 0 Å². The molecule has 0 aliphatic heterocycles. The average Bonchev–Trinajstić information content (AvgIpc) is 2.46. The number of carbonyl (C=O) groups is 1. The van der Waals surface area contributed by atoms with E-state index in [2.05, 4.69) is 0 Å². The van der Waals surface area contributed by atoms with Gasteiger partial charge in [-0.1, -0.05) is 6.42 Å². The Balaban J connectivity index is 2.76. The van der Waals surface area contributed by atoms with Crippen molar-refractivity contribution >= 4 is 18.0 Å². The molecular formula is C14H19FO3S. The Morgan fingerprint density at radius 3 is 2.26 bits per heavy atom. The van der Waals surface area contributed by atoms with Gasteiger partial charge in [0.2, 0.25) is 0 Å². The minimum atomic E-state index is -0.259. The highest BCUT2D eigenvalue weighted by atomic mass is 32.2. The summed E-state index contributed by atoms with van der Waals surface area (Å²) < 4.78 is 22.6. The number of aldehydes is 1. The van der Waals surface area contributed by atoms with E-state index in [0.717, 1.165) is 29.8 Å². The van der Waals surface area contributed by atoms with Crippen LogP contribution in [-0.4, -0.2) is 32.9 Å². The quantitative estimate of drug-likeness (QED) is 0.393. The van der Waals surface area contributed by atoms with Crippen molar-refractivity contribution in [1.82, 2.24) is 0 Å². The number of rotatable bonds is 9. The van der Waals surface area contributed by atoms with Crippen LogP contribution in [0.3, 0.4) is 0 Å². The monoisotopic (exact) mass is 286 g/mol. The number of ether oxygens (including phenoxy) is 2. The van der Waals surface area contributed by atoms with Gasteiger partial charge in [0.1, 0.15) is 17.8 Å². The largest absolute Gasteiger partial charge is 0.495 e. The smallest absolute Gasteiger partial charge is 0.150 e. The second kappa shape index (κ2) is 8.80. The lowest BCUT2D eigenvalue weighted by Gasteiger charge is -2.13. The third-order valence-electron chi connectivity index (χ3n) is 2.64. The van der Waals surface area contributed by atoms with E-state index in [1.165, 1.54) is 0 Å². The van der Waals surface area contributed by atoms with Gasteiger partial charge in [0.05, 0.1) is 25.8 Å². The molecule has 0 saturated carbocycles. The number of hydrogen-bond donors (Lipinski definition) is 0. The van der Waals surface area contributed by atoms with Gasteiger partial charge < -0.3 is 9.47 Å². The molecular weight excluding hydrogens is 267 g/mol. The minimum Gasteiger partial charge on any atom is -0.495 e. The molecule has 3 nitrogen and oxygen atoms in total. The van der Waals surface area contributed by atoms with Gasteiger partial charge in [-0.25, -0.2) is 0 Å². The van der Waals surface area contributed by atoms with Crippen molar-refractivity contribution in [2.24, 2.45) is 0 Å². The molecule has 0 heterocycles. The normalized spacial score (nSPS) is 10.3. The van der Waals surface area contributed by atoms with Crippen molar-refractivity contribution in [3.05, 3.63) is 17.7 Å². The number of thioether (sulfide) groups is 1. The Kier molecular flexibility index (Phi) is 7.33. The van der Waals surface area contributed by atoms with Crippen LogP contribution in [0.15, 0.2) is 17.0 Å². The van der Waals surface area contributed by atoms with E-state index in [9.17, 15) is 9.18 Å². The van der Waals surface area contributed by atoms with Gasteiger partial charge >= 0.3 is 0 Å². The molecule has 0 spiro atoms. The molecule has 1 aromatic carbocycles. The van der Waals surface area contributed by atoms with Gasteiger partial charge in [-0.2, -0.15) is 0 Å². The molecule has 106 valence electrons. The number of halogens is 1. The highest BCUT2D eigenvalue weighted by Crippen LogP contribution is 2.39. The Labute approximate surface area is 117 Å². The number of unbranched alkanes of at least 4 members (excludes halogenated alkanes) is 2. The summed E-state index contributed by atoms with van der Waals surface area (Å²) in [5, 5.41) is 0. The Hall–Kier alpha value is -1.23. The standard InChI is InChI=1S/C14H19FO3S/c1-17-12-8-11(10-16)9-13(18-2)14(12)19-7-5-3-4-6-15/h8-10H,3-7H2,1-2H3. The first-order valence-electron chi connectivity index (χ1n) is 6.16. The average molecular weight is 286 g/mol. The summed E-state index contributed by atoms with van der Waals surface area (Å²) in [7, 11) is 3.13. The van der Waals surface area contributed by atoms with Crippen LogP contribution in [0, 0.1) is 0 Å². The molecule has 0 aromatic heterocycles. The maximum absolute atomic E-state index is 12.0. The molecule has 0 fully saturated rings. The Bertz CT molecular complexity index is 385. The molecule has 0 unspecified atom stereocenters. The number of benzene rings is 1. The lowest BCUT2D eigenvalue weighted by molar-refractivity contribution is 0.112. The maximum atomic E-state index is 12.0. The first kappa shape index (κ1) is 15.8. The van der Waals surface area contributed by atoms with Crippen LogP contribution >= 0.6 is 11.8 Å². The van der Waals surface area contributed by atoms with Crippen molar-refractivity contribution < 1.29 is 18.7 Å². The Morgan fingerprint density at radius 1 is 1.16 bits per heavy atom. The van der Waals surface area contributed by atoms with E-state index < -0.39 is 0 Å². The summed E-state index contributed by atoms with van der Waals surface area (Å²) in [6.07, 6.45) is 3.19. The summed E-state index contributed by atoms with van der Waals surface area (Å²) >= 11 is 1.60. The van der Waals surface area contributed by atoms with Crippen molar-refractivity contribution in [2.45, 2.75) is 24.2 Å². The summed E-state index contributed by atoms with van der Waals surface area (Å²) in [6.45, 7) is -0.259. The van der Waals surface area contributed by atoms with Crippen LogP contribution in [-0.2, 0) is 0 Å². The fourth-order valence-corrected chi connectivity index (χ4v) is 2.78. The SMILES string of the molecule is COc1cc(C=O)cc(OC)c1SCCCCCF. The first-order chi connectivity index (χ1) is 9.26. The fraction of sp³-hybridized carbons (Fsp3) is 0.500. The molecule has 0 aliphatic carbocycles. The van der Waals surface area contributed by atoms with Crippen molar-refractivity contribution in [3.63, 3.8) is 0 Å². The molecule has 0 bridgehead atoms. The van der Waals surface area contributed by atoms with Crippen LogP contribution in [0.4, 0.5) is 4.39 Å². The van der Waals surface area contributed by atoms with Crippen molar-refractivity contribution in [1.29, 1.82) is 0 Å². The number of hydrogen-bond acceptors (Lipinski definition) is 4. The zero-order chi connectivity index (χ0) is 14.1. The summed E-state index contributed by atoms with van der Waals surface area (Å²) in [4.78, 5) is 11.7. The molecule has 0 N–H and O–H groups in total. The van der Waals surface area contributed by atoms with Crippen molar-refractivity contribution in [2.75, 3.05) is 26.6 Å². The zero-order valence-corrected chi connectivity index (χ0v) is 12.1. The van der Waals surface area contributed by atoms with Gasteiger partial charge in [-0.05, 0) is 30.7 Å². The van der Waals surface area contributed by atoms with Crippen LogP contribution < -0.4 is 9.47 Å². The molecule has 19 heavy (non-hydrogen) atoms. The zero-order valence-electron chi connectivity index (χ0n) is 11.3. The number of methoxy groups -OCH3 is 2. The van der Waals surface area contributed by atoms with Gasteiger partial charge in [0, 0.05) is 5.56 Å². The topological polar surface area (TPSA) is 35.5 Å². The van der Waals surface area contributed by atoms with E-state index >= 15 is 0 Å². The van der Waals surface area contributed by atoms with E-state index in [4.69, 9.17) is 9.47 Å². The molecule has 0 radical (unpaired) electrons. The van der Waals surface area contributed by atoms with Gasteiger partial charge in [0.15, 0.2) is 0 Å². The molecule has 5 heteroatoms. The van der Waals surface area contributed by atoms with E-state index in [0.29, 0.717) is 23.5 Å². The highest BCUT2D eigenvalue weighted by Gasteiger charge is 2.12. The highest BCUT2D eigenvalue weighted by molar-refractivity contribution is 7.99. The van der Waals surface area contributed by atoms with Crippen LogP contribution in [0.5, 0.6) is 11.5 Å². The van der Waals surface area contributed by atoms with Gasteiger partial charge in [-0.15, -0.1) is 11.8 Å². The van der Waals surface area contributed by atoms with Crippen LogP contribution in [0.1, 0.15) is 29.6 Å². The van der Waals surface area contributed by atoms with Crippen LogP contribution in [0.2, 0.25) is 0 Å².